The number of thiophene rings is 1. The van der Waals surface area contributed by atoms with Crippen molar-refractivity contribution in [1.82, 2.24) is 0 Å². The van der Waals surface area contributed by atoms with Crippen LogP contribution in [0.2, 0.25) is 4.34 Å². The minimum absolute atomic E-state index is 0.0766. The number of benzene rings is 1. The summed E-state index contributed by atoms with van der Waals surface area (Å²) < 4.78 is 6.30. The molecule has 0 aliphatic heterocycles. The Bertz CT molecular complexity index is 575. The van der Waals surface area contributed by atoms with Gasteiger partial charge in [-0.1, -0.05) is 23.7 Å². The zero-order valence-electron chi connectivity index (χ0n) is 10.9. The zero-order chi connectivity index (χ0) is 13.8. The van der Waals surface area contributed by atoms with Gasteiger partial charge in [0.15, 0.2) is 5.78 Å². The van der Waals surface area contributed by atoms with E-state index in [2.05, 4.69) is 0 Å². The first-order chi connectivity index (χ1) is 9.04. The van der Waals surface area contributed by atoms with Gasteiger partial charge in [-0.05, 0) is 38.1 Å². The van der Waals surface area contributed by atoms with Crippen LogP contribution < -0.4 is 4.74 Å². The summed E-state index contributed by atoms with van der Waals surface area (Å²) in [4.78, 5) is 13.1. The number of ketones is 1. The smallest absolute Gasteiger partial charge is 0.168 e. The van der Waals surface area contributed by atoms with Crippen LogP contribution in [-0.2, 0) is 6.42 Å². The second kappa shape index (κ2) is 6.22. The quantitative estimate of drug-likeness (QED) is 0.753. The Labute approximate surface area is 122 Å². The highest BCUT2D eigenvalue weighted by Crippen LogP contribution is 2.23. The Hall–Kier alpha value is -1.32. The summed E-state index contributed by atoms with van der Waals surface area (Å²) >= 11 is 7.30. The van der Waals surface area contributed by atoms with E-state index in [-0.39, 0.29) is 11.9 Å². The van der Waals surface area contributed by atoms with Gasteiger partial charge < -0.3 is 4.74 Å². The molecule has 0 radical (unpaired) electrons. The van der Waals surface area contributed by atoms with Crippen molar-refractivity contribution >= 4 is 28.7 Å². The maximum atomic E-state index is 12.2. The minimum atomic E-state index is 0.0766. The molecule has 2 rings (SSSR count). The lowest BCUT2D eigenvalue weighted by atomic mass is 10.1. The molecule has 0 saturated carbocycles. The fourth-order valence-electron chi connectivity index (χ4n) is 1.72. The normalized spacial score (nSPS) is 10.7. The lowest BCUT2D eigenvalue weighted by Crippen LogP contribution is -2.07. The molecule has 0 atom stereocenters. The number of hydrogen-bond donors (Lipinski definition) is 0. The van der Waals surface area contributed by atoms with E-state index in [0.29, 0.717) is 16.3 Å². The zero-order valence-corrected chi connectivity index (χ0v) is 12.4. The molecule has 1 aromatic carbocycles. The highest BCUT2D eigenvalue weighted by atomic mass is 35.5. The second-order valence-corrected chi connectivity index (χ2v) is 6.30. The van der Waals surface area contributed by atoms with Crippen molar-refractivity contribution in [1.29, 1.82) is 0 Å². The molecule has 0 aliphatic rings. The molecule has 4 heteroatoms. The van der Waals surface area contributed by atoms with Crippen LogP contribution in [0.1, 0.15) is 29.1 Å². The lowest BCUT2D eigenvalue weighted by Gasteiger charge is -2.10. The number of rotatable bonds is 5. The molecular weight excluding hydrogens is 280 g/mol. The second-order valence-electron chi connectivity index (χ2n) is 4.50. The predicted octanol–water partition coefficient (Wildman–Crippen LogP) is 4.61. The van der Waals surface area contributed by atoms with Crippen LogP contribution in [0.5, 0.6) is 5.75 Å². The molecule has 2 aromatic rings. The average molecular weight is 295 g/mol. The maximum absolute atomic E-state index is 12.2. The molecule has 0 unspecified atom stereocenters. The molecule has 1 heterocycles. The summed E-state index contributed by atoms with van der Waals surface area (Å²) in [7, 11) is 0. The van der Waals surface area contributed by atoms with Crippen LogP contribution in [-0.4, -0.2) is 11.9 Å². The van der Waals surface area contributed by atoms with Gasteiger partial charge in [0.05, 0.1) is 10.4 Å². The molecule has 0 fully saturated rings. The van der Waals surface area contributed by atoms with E-state index in [1.807, 2.05) is 44.2 Å². The number of carbonyl (C=O) groups excluding carboxylic acids is 1. The lowest BCUT2D eigenvalue weighted by molar-refractivity contribution is 0.0993. The molecule has 0 bridgehead atoms. The summed E-state index contributed by atoms with van der Waals surface area (Å²) in [5, 5.41) is 0. The molecule has 0 aliphatic carbocycles. The molecule has 19 heavy (non-hydrogen) atoms. The third-order valence-corrected chi connectivity index (χ3v) is 3.72. The number of carbonyl (C=O) groups is 1. The number of ether oxygens (including phenoxy) is 1. The summed E-state index contributed by atoms with van der Waals surface area (Å²) in [6.07, 6.45) is 0.476. The van der Waals surface area contributed by atoms with Gasteiger partial charge in [-0.25, -0.2) is 0 Å². The highest BCUT2D eigenvalue weighted by molar-refractivity contribution is 7.16. The van der Waals surface area contributed by atoms with E-state index in [1.54, 1.807) is 6.07 Å². The Balaban J connectivity index is 2.10. The van der Waals surface area contributed by atoms with Crippen molar-refractivity contribution < 1.29 is 9.53 Å². The standard InChI is InChI=1S/C15H15ClO2S/c1-10(2)18-12-5-3-4-11(8-12)14(17)9-13-6-7-15(16)19-13/h3-8,10H,9H2,1-2H3. The Morgan fingerprint density at radius 1 is 1.32 bits per heavy atom. The van der Waals surface area contributed by atoms with Crippen molar-refractivity contribution in [3.8, 4) is 5.75 Å². The van der Waals surface area contributed by atoms with Crippen molar-refractivity contribution in [3.63, 3.8) is 0 Å². The first-order valence-corrected chi connectivity index (χ1v) is 7.28. The van der Waals surface area contributed by atoms with Gasteiger partial charge >= 0.3 is 0 Å². The van der Waals surface area contributed by atoms with Crippen molar-refractivity contribution in [2.75, 3.05) is 0 Å². The third kappa shape index (κ3) is 4.08. The van der Waals surface area contributed by atoms with Gasteiger partial charge in [0.1, 0.15) is 5.75 Å². The molecule has 0 saturated heterocycles. The van der Waals surface area contributed by atoms with E-state index < -0.39 is 0 Å². The van der Waals surface area contributed by atoms with Crippen LogP contribution >= 0.6 is 22.9 Å². The molecule has 100 valence electrons. The van der Waals surface area contributed by atoms with Crippen LogP contribution in [0.4, 0.5) is 0 Å². The van der Waals surface area contributed by atoms with E-state index in [1.165, 1.54) is 11.3 Å². The fourth-order valence-corrected chi connectivity index (χ4v) is 2.81. The van der Waals surface area contributed by atoms with Crippen LogP contribution in [0.3, 0.4) is 0 Å². The summed E-state index contributed by atoms with van der Waals surface area (Å²) in [6.45, 7) is 3.92. The van der Waals surface area contributed by atoms with Crippen molar-refractivity contribution in [2.24, 2.45) is 0 Å². The number of Topliss-reactive ketones (excluding diaryl/α,β-unsaturated/α-hetero) is 1. The van der Waals surface area contributed by atoms with Gasteiger partial charge in [0, 0.05) is 16.9 Å². The van der Waals surface area contributed by atoms with Crippen molar-refractivity contribution in [2.45, 2.75) is 26.4 Å². The van der Waals surface area contributed by atoms with Gasteiger partial charge in [0.25, 0.3) is 0 Å². The number of halogens is 1. The SMILES string of the molecule is CC(C)Oc1cccc(C(=O)Cc2ccc(Cl)s2)c1. The van der Waals surface area contributed by atoms with Gasteiger partial charge in [-0.2, -0.15) is 0 Å². The van der Waals surface area contributed by atoms with E-state index in [9.17, 15) is 4.79 Å². The topological polar surface area (TPSA) is 26.3 Å². The summed E-state index contributed by atoms with van der Waals surface area (Å²) in [5.74, 6) is 0.804. The summed E-state index contributed by atoms with van der Waals surface area (Å²) in [5.41, 5.74) is 0.669. The summed E-state index contributed by atoms with van der Waals surface area (Å²) in [6, 6.07) is 11.0. The van der Waals surface area contributed by atoms with Crippen molar-refractivity contribution in [3.05, 3.63) is 51.2 Å². The molecular formula is C15H15ClO2S. The fraction of sp³-hybridized carbons (Fsp3) is 0.267. The van der Waals surface area contributed by atoms with Gasteiger partial charge in [0.2, 0.25) is 0 Å². The third-order valence-electron chi connectivity index (χ3n) is 2.49. The monoisotopic (exact) mass is 294 g/mol. The Morgan fingerprint density at radius 3 is 2.74 bits per heavy atom. The van der Waals surface area contributed by atoms with Crippen LogP contribution in [0.15, 0.2) is 36.4 Å². The average Bonchev–Trinajstić information content (AvgIpc) is 2.74. The van der Waals surface area contributed by atoms with Gasteiger partial charge in [-0.3, -0.25) is 4.79 Å². The molecule has 2 nitrogen and oxygen atoms in total. The predicted molar refractivity (Wildman–Crippen MR) is 79.6 cm³/mol. The maximum Gasteiger partial charge on any atom is 0.168 e. The first-order valence-electron chi connectivity index (χ1n) is 6.09. The number of hydrogen-bond acceptors (Lipinski definition) is 3. The molecule has 0 N–H and O–H groups in total. The first kappa shape index (κ1) is 14.1. The van der Waals surface area contributed by atoms with Gasteiger partial charge in [-0.15, -0.1) is 11.3 Å². The van der Waals surface area contributed by atoms with E-state index in [0.717, 1.165) is 10.6 Å². The van der Waals surface area contributed by atoms with E-state index in [4.69, 9.17) is 16.3 Å². The van der Waals surface area contributed by atoms with Crippen LogP contribution in [0, 0.1) is 0 Å². The van der Waals surface area contributed by atoms with Crippen LogP contribution in [0.25, 0.3) is 0 Å². The largest absolute Gasteiger partial charge is 0.491 e. The molecule has 0 spiro atoms. The highest BCUT2D eigenvalue weighted by Gasteiger charge is 2.10. The Morgan fingerprint density at radius 2 is 2.11 bits per heavy atom. The molecule has 0 amide bonds. The minimum Gasteiger partial charge on any atom is -0.491 e. The Kier molecular flexibility index (Phi) is 4.61. The van der Waals surface area contributed by atoms with E-state index >= 15 is 0 Å². The molecule has 1 aromatic heterocycles.